The van der Waals surface area contributed by atoms with Crippen molar-refractivity contribution >= 4 is 5.69 Å². The quantitative estimate of drug-likeness (QED) is 0.813. The maximum absolute atomic E-state index is 5.75. The molecule has 1 unspecified atom stereocenters. The molecule has 1 aliphatic rings. The zero-order valence-corrected chi connectivity index (χ0v) is 10.4. The number of aryl methyl sites for hydroxylation is 1. The van der Waals surface area contributed by atoms with Crippen LogP contribution in [0.1, 0.15) is 17.6 Å². The lowest BCUT2D eigenvalue weighted by Crippen LogP contribution is -2.38. The molecule has 4 nitrogen and oxygen atoms in total. The van der Waals surface area contributed by atoms with E-state index < -0.39 is 0 Å². The van der Waals surface area contributed by atoms with E-state index in [2.05, 4.69) is 16.0 Å². The first-order valence-electron chi connectivity index (χ1n) is 6.15. The second-order valence-corrected chi connectivity index (χ2v) is 4.48. The topological polar surface area (TPSA) is 38.5 Å². The van der Waals surface area contributed by atoms with Gasteiger partial charge in [0.05, 0.1) is 19.4 Å². The number of hydrogen-bond donors (Lipinski definition) is 0. The monoisotopic (exact) mass is 244 g/mol. The van der Waals surface area contributed by atoms with Crippen molar-refractivity contribution in [1.29, 1.82) is 0 Å². The van der Waals surface area contributed by atoms with Crippen LogP contribution in [0, 0.1) is 6.92 Å². The van der Waals surface area contributed by atoms with Crippen LogP contribution in [0.4, 0.5) is 5.69 Å². The zero-order chi connectivity index (χ0) is 12.4. The van der Waals surface area contributed by atoms with Gasteiger partial charge in [0.2, 0.25) is 0 Å². The second kappa shape index (κ2) is 4.82. The molecule has 0 saturated carbocycles. The molecule has 0 bridgehead atoms. The molecule has 0 amide bonds. The van der Waals surface area contributed by atoms with Crippen molar-refractivity contribution in [2.75, 3.05) is 24.6 Å². The van der Waals surface area contributed by atoms with Gasteiger partial charge >= 0.3 is 0 Å². The molecule has 94 valence electrons. The summed E-state index contributed by atoms with van der Waals surface area (Å²) >= 11 is 0. The largest absolute Gasteiger partial charge is 0.467 e. The van der Waals surface area contributed by atoms with Crippen LogP contribution in [0.5, 0.6) is 0 Å². The Morgan fingerprint density at radius 2 is 2.33 bits per heavy atom. The van der Waals surface area contributed by atoms with Crippen molar-refractivity contribution in [2.24, 2.45) is 0 Å². The zero-order valence-electron chi connectivity index (χ0n) is 10.4. The predicted octanol–water partition coefficient (Wildman–Crippen LogP) is 2.56. The Morgan fingerprint density at radius 3 is 3.11 bits per heavy atom. The number of nitrogens with zero attached hydrogens (tertiary/aromatic N) is 2. The Bertz CT molecular complexity index is 510. The fourth-order valence-corrected chi connectivity index (χ4v) is 2.26. The van der Waals surface area contributed by atoms with Crippen molar-refractivity contribution in [1.82, 2.24) is 4.98 Å². The summed E-state index contributed by atoms with van der Waals surface area (Å²) in [5.41, 5.74) is 2.23. The Kier molecular flexibility index (Phi) is 3.02. The standard InChI is InChI=1S/C14H16N2O2/c1-11-9-12(4-5-15-11)16-6-8-18-14(10-16)13-3-2-7-17-13/h2-5,7,9,14H,6,8,10H2,1H3. The maximum Gasteiger partial charge on any atom is 0.134 e. The number of pyridine rings is 1. The van der Waals surface area contributed by atoms with Gasteiger partial charge in [0.15, 0.2) is 0 Å². The lowest BCUT2D eigenvalue weighted by Gasteiger charge is -2.33. The van der Waals surface area contributed by atoms with E-state index in [9.17, 15) is 0 Å². The number of anilines is 1. The summed E-state index contributed by atoms with van der Waals surface area (Å²) in [7, 11) is 0. The first-order valence-corrected chi connectivity index (χ1v) is 6.15. The Labute approximate surface area is 106 Å². The Morgan fingerprint density at radius 1 is 1.39 bits per heavy atom. The number of rotatable bonds is 2. The molecule has 1 fully saturated rings. The van der Waals surface area contributed by atoms with Crippen molar-refractivity contribution in [2.45, 2.75) is 13.0 Å². The van der Waals surface area contributed by atoms with Gasteiger partial charge in [-0.15, -0.1) is 0 Å². The highest BCUT2D eigenvalue weighted by atomic mass is 16.5. The normalized spacial score (nSPS) is 20.1. The molecule has 1 aliphatic heterocycles. The van der Waals surface area contributed by atoms with E-state index in [0.29, 0.717) is 6.61 Å². The van der Waals surface area contributed by atoms with E-state index in [1.807, 2.05) is 31.3 Å². The van der Waals surface area contributed by atoms with E-state index in [1.54, 1.807) is 6.26 Å². The molecule has 1 atom stereocenters. The summed E-state index contributed by atoms with van der Waals surface area (Å²) in [6, 6.07) is 8.00. The average Bonchev–Trinajstić information content (AvgIpc) is 2.93. The highest BCUT2D eigenvalue weighted by Crippen LogP contribution is 2.26. The van der Waals surface area contributed by atoms with Crippen LogP contribution >= 0.6 is 0 Å². The van der Waals surface area contributed by atoms with Crippen LogP contribution in [0.15, 0.2) is 41.1 Å². The van der Waals surface area contributed by atoms with Crippen LogP contribution in [-0.2, 0) is 4.74 Å². The number of hydrogen-bond acceptors (Lipinski definition) is 4. The number of aromatic nitrogens is 1. The molecule has 3 rings (SSSR count). The first-order chi connectivity index (χ1) is 8.83. The summed E-state index contributed by atoms with van der Waals surface area (Å²) < 4.78 is 11.2. The van der Waals surface area contributed by atoms with Crippen LogP contribution in [0.25, 0.3) is 0 Å². The highest BCUT2D eigenvalue weighted by molar-refractivity contribution is 5.47. The maximum atomic E-state index is 5.75. The summed E-state index contributed by atoms with van der Waals surface area (Å²) in [5.74, 6) is 0.894. The molecule has 0 N–H and O–H groups in total. The molecule has 2 aromatic heterocycles. The predicted molar refractivity (Wildman–Crippen MR) is 68.6 cm³/mol. The van der Waals surface area contributed by atoms with Crippen LogP contribution in [0.2, 0.25) is 0 Å². The Balaban J connectivity index is 1.78. The van der Waals surface area contributed by atoms with Gasteiger partial charge in [-0.05, 0) is 31.2 Å². The molecule has 0 radical (unpaired) electrons. The van der Waals surface area contributed by atoms with Crippen molar-refractivity contribution in [3.8, 4) is 0 Å². The number of ether oxygens (including phenoxy) is 1. The molecule has 0 aromatic carbocycles. The third-order valence-corrected chi connectivity index (χ3v) is 3.17. The first kappa shape index (κ1) is 11.3. The number of furan rings is 1. The van der Waals surface area contributed by atoms with E-state index in [1.165, 1.54) is 5.69 Å². The van der Waals surface area contributed by atoms with Crippen molar-refractivity contribution in [3.63, 3.8) is 0 Å². The average molecular weight is 244 g/mol. The molecular formula is C14H16N2O2. The third-order valence-electron chi connectivity index (χ3n) is 3.17. The molecule has 0 spiro atoms. The highest BCUT2D eigenvalue weighted by Gasteiger charge is 2.24. The lowest BCUT2D eigenvalue weighted by atomic mass is 10.2. The Hall–Kier alpha value is -1.81. The van der Waals surface area contributed by atoms with Gasteiger partial charge in [-0.1, -0.05) is 0 Å². The van der Waals surface area contributed by atoms with Crippen molar-refractivity contribution < 1.29 is 9.15 Å². The van der Waals surface area contributed by atoms with Crippen LogP contribution in [-0.4, -0.2) is 24.7 Å². The molecule has 4 heteroatoms. The minimum atomic E-state index is 0.0159. The summed E-state index contributed by atoms with van der Waals surface area (Å²) in [4.78, 5) is 6.54. The third kappa shape index (κ3) is 2.24. The van der Waals surface area contributed by atoms with Gasteiger partial charge in [0, 0.05) is 24.1 Å². The van der Waals surface area contributed by atoms with E-state index in [4.69, 9.17) is 9.15 Å². The van der Waals surface area contributed by atoms with Gasteiger partial charge in [-0.2, -0.15) is 0 Å². The SMILES string of the molecule is Cc1cc(N2CCOC(c3ccco3)C2)ccn1. The summed E-state index contributed by atoms with van der Waals surface area (Å²) in [5, 5.41) is 0. The van der Waals surface area contributed by atoms with E-state index in [0.717, 1.165) is 24.5 Å². The van der Waals surface area contributed by atoms with Crippen LogP contribution < -0.4 is 4.90 Å². The van der Waals surface area contributed by atoms with Crippen LogP contribution in [0.3, 0.4) is 0 Å². The summed E-state index contributed by atoms with van der Waals surface area (Å²) in [6.07, 6.45) is 3.55. The van der Waals surface area contributed by atoms with E-state index >= 15 is 0 Å². The lowest BCUT2D eigenvalue weighted by molar-refractivity contribution is 0.0257. The van der Waals surface area contributed by atoms with Gasteiger partial charge in [0.25, 0.3) is 0 Å². The summed E-state index contributed by atoms with van der Waals surface area (Å²) in [6.45, 7) is 4.44. The smallest absolute Gasteiger partial charge is 0.134 e. The molecule has 2 aromatic rings. The van der Waals surface area contributed by atoms with E-state index in [-0.39, 0.29) is 6.10 Å². The second-order valence-electron chi connectivity index (χ2n) is 4.48. The molecule has 18 heavy (non-hydrogen) atoms. The minimum Gasteiger partial charge on any atom is -0.467 e. The molecule has 3 heterocycles. The fourth-order valence-electron chi connectivity index (χ4n) is 2.26. The number of morpholine rings is 1. The molecule has 1 saturated heterocycles. The van der Waals surface area contributed by atoms with Gasteiger partial charge in [0.1, 0.15) is 11.9 Å². The van der Waals surface area contributed by atoms with Gasteiger partial charge < -0.3 is 14.1 Å². The molecular weight excluding hydrogens is 228 g/mol. The molecule has 0 aliphatic carbocycles. The fraction of sp³-hybridized carbons (Fsp3) is 0.357. The minimum absolute atomic E-state index is 0.0159. The van der Waals surface area contributed by atoms with Crippen molar-refractivity contribution in [3.05, 3.63) is 48.2 Å². The van der Waals surface area contributed by atoms with Gasteiger partial charge in [-0.3, -0.25) is 4.98 Å². The van der Waals surface area contributed by atoms with Gasteiger partial charge in [-0.25, -0.2) is 0 Å².